The molecule has 0 atom stereocenters. The van der Waals surface area contributed by atoms with E-state index in [4.69, 9.17) is 15.7 Å². The van der Waals surface area contributed by atoms with Gasteiger partial charge in [0.05, 0.1) is 15.7 Å². The van der Waals surface area contributed by atoms with Crippen molar-refractivity contribution in [2.24, 2.45) is 11.8 Å². The van der Waals surface area contributed by atoms with Gasteiger partial charge in [-0.25, -0.2) is 0 Å². The minimum absolute atomic E-state index is 0. The van der Waals surface area contributed by atoms with E-state index in [9.17, 15) is 0 Å². The summed E-state index contributed by atoms with van der Waals surface area (Å²) in [6, 6.07) is 17.1. The molecule has 2 aromatic rings. The van der Waals surface area contributed by atoms with Crippen molar-refractivity contribution < 1.29 is 0 Å². The van der Waals surface area contributed by atoms with Crippen LogP contribution < -0.4 is 0 Å². The number of rotatable bonds is 6. The molecule has 0 unspecified atom stereocenters. The Morgan fingerprint density at radius 1 is 0.556 bits per heavy atom. The van der Waals surface area contributed by atoms with E-state index in [1.54, 1.807) is 0 Å². The van der Waals surface area contributed by atoms with Crippen LogP contribution in [-0.2, 0) is 25.5 Å². The van der Waals surface area contributed by atoms with Gasteiger partial charge < -0.3 is 0 Å². The van der Waals surface area contributed by atoms with Crippen LogP contribution >= 0.6 is 0 Å². The first-order valence-electron chi connectivity index (χ1n) is 10.00. The van der Waals surface area contributed by atoms with Gasteiger partial charge in [-0.1, -0.05) is 121 Å². The van der Waals surface area contributed by atoms with Crippen LogP contribution in [0, 0.1) is 11.8 Å². The second kappa shape index (κ2) is 16.7. The molecule has 0 fully saturated rings. The Morgan fingerprint density at radius 2 is 0.778 bits per heavy atom. The SMILES string of the molecule is C.CC.[B]Cc1ccc(CC(C)C)cc1.[B]Cc1ccc(CC(C)C)cc1. The van der Waals surface area contributed by atoms with Crippen molar-refractivity contribution in [1.29, 1.82) is 0 Å². The van der Waals surface area contributed by atoms with Gasteiger partial charge in [-0.2, -0.15) is 0 Å². The predicted octanol–water partition coefficient (Wildman–Crippen LogP) is 6.77. The quantitative estimate of drug-likeness (QED) is 0.498. The van der Waals surface area contributed by atoms with Crippen molar-refractivity contribution in [2.75, 3.05) is 0 Å². The zero-order valence-electron chi connectivity index (χ0n) is 17.8. The van der Waals surface area contributed by atoms with E-state index in [1.807, 2.05) is 13.8 Å². The van der Waals surface area contributed by atoms with Crippen LogP contribution in [0.15, 0.2) is 48.5 Å². The van der Waals surface area contributed by atoms with Crippen LogP contribution in [0.1, 0.15) is 71.2 Å². The minimum Gasteiger partial charge on any atom is -0.0776 e. The van der Waals surface area contributed by atoms with Gasteiger partial charge in [0.1, 0.15) is 0 Å². The highest BCUT2D eigenvalue weighted by atomic mass is 14.0. The summed E-state index contributed by atoms with van der Waals surface area (Å²) in [5, 5.41) is 0. The van der Waals surface area contributed by atoms with Crippen molar-refractivity contribution in [2.45, 2.75) is 74.5 Å². The lowest BCUT2D eigenvalue weighted by molar-refractivity contribution is 0.647. The summed E-state index contributed by atoms with van der Waals surface area (Å²) >= 11 is 0. The summed E-state index contributed by atoms with van der Waals surface area (Å²) in [7, 11) is 11.0. The van der Waals surface area contributed by atoms with E-state index in [1.165, 1.54) is 22.3 Å². The fourth-order valence-corrected chi connectivity index (χ4v) is 2.57. The fourth-order valence-electron chi connectivity index (χ4n) is 2.57. The molecule has 4 radical (unpaired) electrons. The van der Waals surface area contributed by atoms with Gasteiger partial charge in [0.2, 0.25) is 0 Å². The fraction of sp³-hybridized carbons (Fsp3) is 0.520. The minimum atomic E-state index is 0. The Kier molecular flexibility index (Phi) is 17.2. The van der Waals surface area contributed by atoms with Crippen molar-refractivity contribution >= 4 is 15.7 Å². The van der Waals surface area contributed by atoms with Gasteiger partial charge >= 0.3 is 0 Å². The van der Waals surface area contributed by atoms with E-state index in [0.717, 1.165) is 24.7 Å². The van der Waals surface area contributed by atoms with Gasteiger partial charge in [0.25, 0.3) is 0 Å². The third-order valence-corrected chi connectivity index (χ3v) is 3.81. The molecule has 0 aliphatic rings. The van der Waals surface area contributed by atoms with Gasteiger partial charge in [-0.3, -0.25) is 0 Å². The van der Waals surface area contributed by atoms with Gasteiger partial charge in [-0.15, -0.1) is 0 Å². The van der Waals surface area contributed by atoms with Gasteiger partial charge in [0, 0.05) is 0 Å². The maximum absolute atomic E-state index is 5.50. The Morgan fingerprint density at radius 3 is 0.963 bits per heavy atom. The van der Waals surface area contributed by atoms with Gasteiger partial charge in [0.15, 0.2) is 0 Å². The van der Waals surface area contributed by atoms with Gasteiger partial charge in [-0.05, 0) is 35.8 Å². The summed E-state index contributed by atoms with van der Waals surface area (Å²) in [4.78, 5) is 0. The van der Waals surface area contributed by atoms with Crippen molar-refractivity contribution in [3.8, 4) is 0 Å². The molecular formula is C25H40B2. The normalized spacial score (nSPS) is 9.63. The van der Waals surface area contributed by atoms with Crippen LogP contribution in [0.5, 0.6) is 0 Å². The third-order valence-electron chi connectivity index (χ3n) is 3.81. The first kappa shape index (κ1) is 27.8. The van der Waals surface area contributed by atoms with Crippen LogP contribution in [-0.4, -0.2) is 15.7 Å². The predicted molar refractivity (Wildman–Crippen MR) is 127 cm³/mol. The molecule has 2 rings (SSSR count). The van der Waals surface area contributed by atoms with Crippen LogP contribution in [0.3, 0.4) is 0 Å². The monoisotopic (exact) mass is 362 g/mol. The van der Waals surface area contributed by atoms with Crippen molar-refractivity contribution in [3.05, 3.63) is 70.8 Å². The van der Waals surface area contributed by atoms with E-state index >= 15 is 0 Å². The molecule has 0 N–H and O–H groups in total. The number of hydrogen-bond acceptors (Lipinski definition) is 0. The Labute approximate surface area is 173 Å². The molecule has 146 valence electrons. The smallest absolute Gasteiger partial charge is 0.0716 e. The van der Waals surface area contributed by atoms with Crippen LogP contribution in [0.2, 0.25) is 0 Å². The highest BCUT2D eigenvalue weighted by molar-refractivity contribution is 6.08. The molecule has 0 aliphatic carbocycles. The second-order valence-corrected chi connectivity index (χ2v) is 7.24. The lowest BCUT2D eigenvalue weighted by Crippen LogP contribution is -1.94. The molecule has 0 saturated heterocycles. The molecular weight excluding hydrogens is 322 g/mol. The number of benzene rings is 2. The van der Waals surface area contributed by atoms with E-state index in [-0.39, 0.29) is 7.43 Å². The van der Waals surface area contributed by atoms with Crippen LogP contribution in [0.25, 0.3) is 0 Å². The molecule has 0 aromatic heterocycles. The largest absolute Gasteiger partial charge is 0.0776 e. The maximum atomic E-state index is 5.50. The number of hydrogen-bond donors (Lipinski definition) is 0. The standard InChI is InChI=1S/2C11H15B.C2H6.CH4/c2*1-9(2)7-10-3-5-11(8-12)6-4-10;1-2;/h2*3-6,9H,7-8H2,1-2H3;1-2H3;1H4. The van der Waals surface area contributed by atoms with E-state index in [0.29, 0.717) is 12.6 Å². The molecule has 0 amide bonds. The average Bonchev–Trinajstić information content (AvgIpc) is 2.64. The molecule has 27 heavy (non-hydrogen) atoms. The molecule has 0 aliphatic heterocycles. The topological polar surface area (TPSA) is 0 Å². The molecule has 2 heteroatoms. The molecule has 0 saturated carbocycles. The Hall–Kier alpha value is -1.43. The summed E-state index contributed by atoms with van der Waals surface area (Å²) in [5.41, 5.74) is 5.23. The maximum Gasteiger partial charge on any atom is 0.0716 e. The lowest BCUT2D eigenvalue weighted by Gasteiger charge is -2.05. The summed E-state index contributed by atoms with van der Waals surface area (Å²) in [6.07, 6.45) is 3.60. The highest BCUT2D eigenvalue weighted by Crippen LogP contribution is 2.10. The summed E-state index contributed by atoms with van der Waals surface area (Å²) in [5.74, 6) is 1.46. The second-order valence-electron chi connectivity index (χ2n) is 7.24. The molecule has 0 heterocycles. The lowest BCUT2D eigenvalue weighted by atomic mass is 9.95. The van der Waals surface area contributed by atoms with Crippen LogP contribution in [0.4, 0.5) is 0 Å². The summed E-state index contributed by atoms with van der Waals surface area (Å²) < 4.78 is 0. The molecule has 0 nitrogen and oxygen atoms in total. The third kappa shape index (κ3) is 13.4. The Balaban J connectivity index is 0. The first-order valence-corrected chi connectivity index (χ1v) is 10.00. The average molecular weight is 362 g/mol. The highest BCUT2D eigenvalue weighted by Gasteiger charge is 1.97. The van der Waals surface area contributed by atoms with E-state index in [2.05, 4.69) is 76.2 Å². The molecule has 0 spiro atoms. The molecule has 2 aromatic carbocycles. The van der Waals surface area contributed by atoms with Crippen molar-refractivity contribution in [3.63, 3.8) is 0 Å². The zero-order chi connectivity index (χ0) is 19.9. The molecule has 0 bridgehead atoms. The summed E-state index contributed by atoms with van der Waals surface area (Å²) in [6.45, 7) is 12.9. The Bertz CT molecular complexity index is 500. The van der Waals surface area contributed by atoms with E-state index < -0.39 is 0 Å². The zero-order valence-corrected chi connectivity index (χ0v) is 17.8. The first-order chi connectivity index (χ1) is 12.4. The van der Waals surface area contributed by atoms with Crippen molar-refractivity contribution in [1.82, 2.24) is 0 Å².